The van der Waals surface area contributed by atoms with Gasteiger partial charge in [-0.1, -0.05) is 0 Å². The minimum Gasteiger partial charge on any atom is -0.317 e. The molecular formula is C10H19FN2. The molecule has 2 heterocycles. The fourth-order valence-corrected chi connectivity index (χ4v) is 2.56. The second-order valence-electron chi connectivity index (χ2n) is 4.30. The molecule has 0 aliphatic carbocycles. The van der Waals surface area contributed by atoms with E-state index in [4.69, 9.17) is 0 Å². The quantitative estimate of drug-likeness (QED) is 0.603. The first kappa shape index (κ1) is 9.41. The van der Waals surface area contributed by atoms with Gasteiger partial charge in [-0.25, -0.2) is 4.39 Å². The molecule has 0 radical (unpaired) electrons. The van der Waals surface area contributed by atoms with Gasteiger partial charge in [0, 0.05) is 6.54 Å². The molecular weight excluding hydrogens is 167 g/mol. The summed E-state index contributed by atoms with van der Waals surface area (Å²) >= 11 is 0. The van der Waals surface area contributed by atoms with Crippen molar-refractivity contribution in [3.8, 4) is 0 Å². The Labute approximate surface area is 79.3 Å². The summed E-state index contributed by atoms with van der Waals surface area (Å²) in [6.07, 6.45) is 3.62. The second kappa shape index (κ2) is 4.38. The van der Waals surface area contributed by atoms with Gasteiger partial charge in [0.2, 0.25) is 0 Å². The SMILES string of the molecule is FC1CCC(C2CCNCC2)CN1. The fraction of sp³-hybridized carbons (Fsp3) is 1.00. The van der Waals surface area contributed by atoms with Crippen LogP contribution >= 0.6 is 0 Å². The molecule has 76 valence electrons. The maximum absolute atomic E-state index is 12.8. The van der Waals surface area contributed by atoms with E-state index in [0.29, 0.717) is 6.42 Å². The molecule has 0 saturated carbocycles. The Morgan fingerprint density at radius 2 is 1.69 bits per heavy atom. The Hall–Kier alpha value is -0.150. The summed E-state index contributed by atoms with van der Waals surface area (Å²) in [5.41, 5.74) is 0. The number of alkyl halides is 1. The lowest BCUT2D eigenvalue weighted by atomic mass is 9.80. The lowest BCUT2D eigenvalue weighted by molar-refractivity contribution is 0.137. The summed E-state index contributed by atoms with van der Waals surface area (Å²) in [5, 5.41) is 6.31. The van der Waals surface area contributed by atoms with Crippen LogP contribution in [0.2, 0.25) is 0 Å². The van der Waals surface area contributed by atoms with Crippen LogP contribution in [0.3, 0.4) is 0 Å². The molecule has 13 heavy (non-hydrogen) atoms. The van der Waals surface area contributed by atoms with Gasteiger partial charge in [-0.3, -0.25) is 5.32 Å². The monoisotopic (exact) mass is 186 g/mol. The van der Waals surface area contributed by atoms with Gasteiger partial charge < -0.3 is 5.32 Å². The van der Waals surface area contributed by atoms with Crippen LogP contribution in [0, 0.1) is 11.8 Å². The predicted molar refractivity (Wildman–Crippen MR) is 51.2 cm³/mol. The Kier molecular flexibility index (Phi) is 3.17. The molecule has 0 bridgehead atoms. The summed E-state index contributed by atoms with van der Waals surface area (Å²) in [6, 6.07) is 0. The van der Waals surface area contributed by atoms with Crippen LogP contribution < -0.4 is 10.6 Å². The van der Waals surface area contributed by atoms with E-state index in [1.54, 1.807) is 0 Å². The Morgan fingerprint density at radius 1 is 0.923 bits per heavy atom. The molecule has 3 heteroatoms. The normalized spacial score (nSPS) is 37.6. The first-order valence-electron chi connectivity index (χ1n) is 5.44. The van der Waals surface area contributed by atoms with Crippen LogP contribution in [0.1, 0.15) is 25.7 Å². The highest BCUT2D eigenvalue weighted by atomic mass is 19.1. The maximum atomic E-state index is 12.8. The van der Waals surface area contributed by atoms with Crippen LogP contribution in [0.5, 0.6) is 0 Å². The third-order valence-electron chi connectivity index (χ3n) is 3.44. The van der Waals surface area contributed by atoms with Crippen molar-refractivity contribution >= 4 is 0 Å². The zero-order valence-electron chi connectivity index (χ0n) is 8.06. The van der Waals surface area contributed by atoms with Gasteiger partial charge in [0.25, 0.3) is 0 Å². The van der Waals surface area contributed by atoms with Crippen molar-refractivity contribution in [2.45, 2.75) is 32.0 Å². The molecule has 2 N–H and O–H groups in total. The van der Waals surface area contributed by atoms with Crippen LogP contribution in [-0.4, -0.2) is 25.9 Å². The average Bonchev–Trinajstić information content (AvgIpc) is 2.20. The summed E-state index contributed by atoms with van der Waals surface area (Å²) in [4.78, 5) is 0. The van der Waals surface area contributed by atoms with E-state index in [9.17, 15) is 4.39 Å². The highest BCUT2D eigenvalue weighted by Gasteiger charge is 2.27. The number of piperidine rings is 2. The topological polar surface area (TPSA) is 24.1 Å². The van der Waals surface area contributed by atoms with Gasteiger partial charge in [0.1, 0.15) is 0 Å². The average molecular weight is 186 g/mol. The minimum absolute atomic E-state index is 0.717. The fourth-order valence-electron chi connectivity index (χ4n) is 2.56. The van der Waals surface area contributed by atoms with E-state index in [2.05, 4.69) is 10.6 Å². The van der Waals surface area contributed by atoms with Gasteiger partial charge >= 0.3 is 0 Å². The first-order chi connectivity index (χ1) is 6.36. The molecule has 2 aliphatic heterocycles. The van der Waals surface area contributed by atoms with E-state index >= 15 is 0 Å². The maximum Gasteiger partial charge on any atom is 0.151 e. The highest BCUT2D eigenvalue weighted by Crippen LogP contribution is 2.28. The van der Waals surface area contributed by atoms with Crippen molar-refractivity contribution in [3.63, 3.8) is 0 Å². The summed E-state index contributed by atoms with van der Waals surface area (Å²) in [7, 11) is 0. The molecule has 2 atom stereocenters. The summed E-state index contributed by atoms with van der Waals surface area (Å²) in [6.45, 7) is 3.20. The van der Waals surface area contributed by atoms with Crippen molar-refractivity contribution in [1.82, 2.24) is 10.6 Å². The number of nitrogens with one attached hydrogen (secondary N) is 2. The first-order valence-corrected chi connectivity index (χ1v) is 5.44. The lowest BCUT2D eigenvalue weighted by Gasteiger charge is -2.34. The van der Waals surface area contributed by atoms with Crippen LogP contribution in [-0.2, 0) is 0 Å². The van der Waals surface area contributed by atoms with E-state index in [0.717, 1.165) is 37.9 Å². The molecule has 2 rings (SSSR count). The third-order valence-corrected chi connectivity index (χ3v) is 3.44. The number of rotatable bonds is 1. The molecule has 2 aliphatic rings. The van der Waals surface area contributed by atoms with Crippen LogP contribution in [0.15, 0.2) is 0 Å². The molecule has 0 aromatic carbocycles. The molecule has 2 saturated heterocycles. The Bertz CT molecular complexity index is 149. The van der Waals surface area contributed by atoms with Gasteiger partial charge in [0.05, 0.1) is 0 Å². The van der Waals surface area contributed by atoms with Gasteiger partial charge in [-0.15, -0.1) is 0 Å². The Balaban J connectivity index is 1.79. The summed E-state index contributed by atoms with van der Waals surface area (Å²) in [5.74, 6) is 1.57. The van der Waals surface area contributed by atoms with E-state index in [1.807, 2.05) is 0 Å². The smallest absolute Gasteiger partial charge is 0.151 e. The number of halogens is 1. The summed E-state index contributed by atoms with van der Waals surface area (Å²) < 4.78 is 12.8. The van der Waals surface area contributed by atoms with Gasteiger partial charge in [-0.2, -0.15) is 0 Å². The third kappa shape index (κ3) is 2.41. The zero-order valence-corrected chi connectivity index (χ0v) is 8.06. The minimum atomic E-state index is -0.738. The predicted octanol–water partition coefficient (Wildman–Crippen LogP) is 1.28. The van der Waals surface area contributed by atoms with E-state index in [-0.39, 0.29) is 0 Å². The molecule has 2 unspecified atom stereocenters. The van der Waals surface area contributed by atoms with Crippen LogP contribution in [0.25, 0.3) is 0 Å². The molecule has 0 aromatic heterocycles. The molecule has 0 amide bonds. The molecule has 2 fully saturated rings. The zero-order chi connectivity index (χ0) is 9.10. The van der Waals surface area contributed by atoms with Crippen LogP contribution in [0.4, 0.5) is 4.39 Å². The lowest BCUT2D eigenvalue weighted by Crippen LogP contribution is -2.42. The number of hydrogen-bond acceptors (Lipinski definition) is 2. The highest BCUT2D eigenvalue weighted by molar-refractivity contribution is 4.81. The largest absolute Gasteiger partial charge is 0.317 e. The molecule has 0 spiro atoms. The van der Waals surface area contributed by atoms with Gasteiger partial charge in [-0.05, 0) is 50.6 Å². The Morgan fingerprint density at radius 3 is 2.31 bits per heavy atom. The molecule has 0 aromatic rings. The van der Waals surface area contributed by atoms with Crippen molar-refractivity contribution in [2.24, 2.45) is 11.8 Å². The van der Waals surface area contributed by atoms with Crippen molar-refractivity contribution in [3.05, 3.63) is 0 Å². The van der Waals surface area contributed by atoms with E-state index in [1.165, 1.54) is 12.8 Å². The number of hydrogen-bond donors (Lipinski definition) is 2. The second-order valence-corrected chi connectivity index (χ2v) is 4.30. The standard InChI is InChI=1S/C10H19FN2/c11-10-2-1-9(7-13-10)8-3-5-12-6-4-8/h8-10,12-13H,1-7H2. The van der Waals surface area contributed by atoms with E-state index < -0.39 is 6.30 Å². The van der Waals surface area contributed by atoms with Crippen molar-refractivity contribution in [1.29, 1.82) is 0 Å². The van der Waals surface area contributed by atoms with Gasteiger partial charge in [0.15, 0.2) is 6.30 Å². The van der Waals surface area contributed by atoms with Crippen molar-refractivity contribution in [2.75, 3.05) is 19.6 Å². The van der Waals surface area contributed by atoms with Crippen molar-refractivity contribution < 1.29 is 4.39 Å². The molecule has 2 nitrogen and oxygen atoms in total.